The lowest BCUT2D eigenvalue weighted by Crippen LogP contribution is -2.26. The van der Waals surface area contributed by atoms with Crippen LogP contribution in [0.1, 0.15) is 12.8 Å². The number of nitro groups is 1. The van der Waals surface area contributed by atoms with E-state index in [4.69, 9.17) is 21.1 Å². The highest BCUT2D eigenvalue weighted by molar-refractivity contribution is 6.33. The molecule has 10 heteroatoms. The second kappa shape index (κ2) is 7.53. The number of nitrogens with one attached hydrogen (secondary N) is 3. The maximum Gasteiger partial charge on any atom is 0.323 e. The van der Waals surface area contributed by atoms with E-state index >= 15 is 0 Å². The van der Waals surface area contributed by atoms with Crippen molar-refractivity contribution in [2.45, 2.75) is 18.9 Å². The van der Waals surface area contributed by atoms with E-state index in [1.54, 1.807) is 18.2 Å². The number of H-pyrrole nitrogens is 2. The van der Waals surface area contributed by atoms with Gasteiger partial charge in [0.2, 0.25) is 0 Å². The lowest BCUT2D eigenvalue weighted by atomic mass is 10.1. The molecular formula is C18H17ClN4O5. The summed E-state index contributed by atoms with van der Waals surface area (Å²) in [6, 6.07) is 8.05. The van der Waals surface area contributed by atoms with Crippen molar-refractivity contribution in [3.05, 3.63) is 56.0 Å². The van der Waals surface area contributed by atoms with Crippen LogP contribution >= 0.6 is 11.6 Å². The topological polar surface area (TPSA) is 122 Å². The van der Waals surface area contributed by atoms with Gasteiger partial charge < -0.3 is 24.8 Å². The predicted molar refractivity (Wildman–Crippen MR) is 105 cm³/mol. The molecule has 1 aliphatic heterocycles. The third-order valence-corrected chi connectivity index (χ3v) is 4.81. The Bertz CT molecular complexity index is 1090. The molecule has 4 rings (SSSR count). The molecule has 0 unspecified atom stereocenters. The first-order valence-electron chi connectivity index (χ1n) is 8.71. The summed E-state index contributed by atoms with van der Waals surface area (Å²) < 4.78 is 11.2. The molecule has 3 aromatic rings. The molecule has 1 saturated heterocycles. The van der Waals surface area contributed by atoms with E-state index in [0.29, 0.717) is 48.5 Å². The van der Waals surface area contributed by atoms with Crippen LogP contribution in [0, 0.1) is 10.1 Å². The molecule has 2 heterocycles. The highest BCUT2D eigenvalue weighted by Gasteiger charge is 2.23. The molecule has 1 aliphatic rings. The number of halogens is 1. The van der Waals surface area contributed by atoms with E-state index in [2.05, 4.69) is 15.3 Å². The molecular weight excluding hydrogens is 388 g/mol. The Balaban J connectivity index is 1.65. The number of aromatic nitrogens is 2. The maximum atomic E-state index is 11.4. The Labute approximate surface area is 163 Å². The summed E-state index contributed by atoms with van der Waals surface area (Å²) in [4.78, 5) is 27.7. The average Bonchev–Trinajstić information content (AvgIpc) is 3.04. The highest BCUT2D eigenvalue weighted by atomic mass is 35.5. The van der Waals surface area contributed by atoms with E-state index in [-0.39, 0.29) is 28.3 Å². The number of anilines is 2. The lowest BCUT2D eigenvalue weighted by Gasteiger charge is -2.23. The molecule has 0 bridgehead atoms. The van der Waals surface area contributed by atoms with Crippen molar-refractivity contribution in [3.8, 4) is 5.75 Å². The summed E-state index contributed by atoms with van der Waals surface area (Å²) in [5.74, 6) is 0.153. The van der Waals surface area contributed by atoms with Crippen LogP contribution < -0.4 is 15.7 Å². The Morgan fingerprint density at radius 3 is 2.68 bits per heavy atom. The van der Waals surface area contributed by atoms with Gasteiger partial charge in [0, 0.05) is 30.7 Å². The van der Waals surface area contributed by atoms with Crippen LogP contribution in [0.2, 0.25) is 5.02 Å². The standard InChI is InChI=1S/C18H17ClN4O5/c19-12-8-16(23(25)26)17(28-11-3-5-27-6-4-11)9-14(12)20-10-1-2-13-15(7-10)22-18(24)21-13/h1-2,7-9,11,20H,3-6H2,(H2,21,22,24). The van der Waals surface area contributed by atoms with Crippen molar-refractivity contribution >= 4 is 39.7 Å². The summed E-state index contributed by atoms with van der Waals surface area (Å²) in [6.07, 6.45) is 1.18. The third-order valence-electron chi connectivity index (χ3n) is 4.50. The second-order valence-electron chi connectivity index (χ2n) is 6.45. The Morgan fingerprint density at radius 2 is 1.93 bits per heavy atom. The number of ether oxygens (including phenoxy) is 2. The van der Waals surface area contributed by atoms with E-state index in [9.17, 15) is 14.9 Å². The van der Waals surface area contributed by atoms with Crippen molar-refractivity contribution in [2.24, 2.45) is 0 Å². The monoisotopic (exact) mass is 404 g/mol. The van der Waals surface area contributed by atoms with Crippen LogP contribution in [-0.2, 0) is 4.74 Å². The first-order chi connectivity index (χ1) is 13.5. The number of imidazole rings is 1. The summed E-state index contributed by atoms with van der Waals surface area (Å²) >= 11 is 6.25. The molecule has 0 radical (unpaired) electrons. The number of nitrogens with zero attached hydrogens (tertiary/aromatic N) is 1. The minimum atomic E-state index is -0.513. The molecule has 146 valence electrons. The van der Waals surface area contributed by atoms with Gasteiger partial charge >= 0.3 is 11.4 Å². The minimum Gasteiger partial charge on any atom is -0.483 e. The molecule has 0 atom stereocenters. The Hall–Kier alpha value is -3.04. The number of nitro benzene ring substituents is 1. The zero-order valence-electron chi connectivity index (χ0n) is 14.7. The molecule has 0 spiro atoms. The SMILES string of the molecule is O=c1[nH]c2ccc(Nc3cc(OC4CCOCC4)c([N+](=O)[O-])cc3Cl)cc2[nH]1. The highest BCUT2D eigenvalue weighted by Crippen LogP contribution is 2.38. The van der Waals surface area contributed by atoms with Crippen molar-refractivity contribution in [1.82, 2.24) is 9.97 Å². The molecule has 9 nitrogen and oxygen atoms in total. The number of benzene rings is 2. The van der Waals surface area contributed by atoms with Gasteiger partial charge in [-0.05, 0) is 18.2 Å². The maximum absolute atomic E-state index is 11.4. The van der Waals surface area contributed by atoms with Gasteiger partial charge in [0.05, 0.1) is 39.9 Å². The normalized spacial score (nSPS) is 14.9. The summed E-state index contributed by atoms with van der Waals surface area (Å²) in [7, 11) is 0. The van der Waals surface area contributed by atoms with Crippen molar-refractivity contribution in [2.75, 3.05) is 18.5 Å². The number of hydrogen-bond donors (Lipinski definition) is 3. The Morgan fingerprint density at radius 1 is 1.18 bits per heavy atom. The van der Waals surface area contributed by atoms with Gasteiger partial charge in [0.15, 0.2) is 5.75 Å². The van der Waals surface area contributed by atoms with Crippen LogP contribution in [0.25, 0.3) is 11.0 Å². The van der Waals surface area contributed by atoms with Crippen LogP contribution in [0.5, 0.6) is 5.75 Å². The van der Waals surface area contributed by atoms with Crippen LogP contribution in [0.15, 0.2) is 35.1 Å². The predicted octanol–water partition coefficient (Wildman–Crippen LogP) is 3.72. The molecule has 3 N–H and O–H groups in total. The van der Waals surface area contributed by atoms with Crippen LogP contribution in [0.4, 0.5) is 17.1 Å². The molecule has 0 saturated carbocycles. The number of aromatic amines is 2. The number of fused-ring (bicyclic) bond motifs is 1. The van der Waals surface area contributed by atoms with Gasteiger partial charge in [-0.1, -0.05) is 11.6 Å². The summed E-state index contributed by atoms with van der Waals surface area (Å²) in [5.41, 5.74) is 1.95. The van der Waals surface area contributed by atoms with Crippen molar-refractivity contribution in [1.29, 1.82) is 0 Å². The smallest absolute Gasteiger partial charge is 0.323 e. The van der Waals surface area contributed by atoms with Gasteiger partial charge in [0.1, 0.15) is 6.10 Å². The number of rotatable bonds is 5. The van der Waals surface area contributed by atoms with E-state index in [0.717, 1.165) is 0 Å². The molecule has 1 fully saturated rings. The zero-order chi connectivity index (χ0) is 19.7. The fourth-order valence-electron chi connectivity index (χ4n) is 3.11. The summed E-state index contributed by atoms with van der Waals surface area (Å²) in [5, 5.41) is 14.7. The second-order valence-corrected chi connectivity index (χ2v) is 6.86. The molecule has 1 aromatic heterocycles. The van der Waals surface area contributed by atoms with E-state index < -0.39 is 4.92 Å². The zero-order valence-corrected chi connectivity index (χ0v) is 15.4. The first kappa shape index (κ1) is 18.3. The van der Waals surface area contributed by atoms with E-state index in [1.165, 1.54) is 12.1 Å². The van der Waals surface area contributed by atoms with Crippen molar-refractivity contribution < 1.29 is 14.4 Å². The Kier molecular flexibility index (Phi) is 4.93. The van der Waals surface area contributed by atoms with Gasteiger partial charge in [-0.15, -0.1) is 0 Å². The van der Waals surface area contributed by atoms with Crippen LogP contribution in [-0.4, -0.2) is 34.2 Å². The minimum absolute atomic E-state index is 0.150. The first-order valence-corrected chi connectivity index (χ1v) is 9.09. The molecule has 2 aromatic carbocycles. The fourth-order valence-corrected chi connectivity index (χ4v) is 3.32. The van der Waals surface area contributed by atoms with Crippen LogP contribution in [0.3, 0.4) is 0 Å². The third kappa shape index (κ3) is 3.80. The molecule has 0 aliphatic carbocycles. The average molecular weight is 405 g/mol. The van der Waals surface area contributed by atoms with Gasteiger partial charge in [0.25, 0.3) is 0 Å². The van der Waals surface area contributed by atoms with E-state index in [1.807, 2.05) is 0 Å². The molecule has 0 amide bonds. The van der Waals surface area contributed by atoms with Gasteiger partial charge in [-0.25, -0.2) is 4.79 Å². The molecule has 28 heavy (non-hydrogen) atoms. The summed E-state index contributed by atoms with van der Waals surface area (Å²) in [6.45, 7) is 1.12. The van der Waals surface area contributed by atoms with Crippen molar-refractivity contribution in [3.63, 3.8) is 0 Å². The fraction of sp³-hybridized carbons (Fsp3) is 0.278. The van der Waals surface area contributed by atoms with Gasteiger partial charge in [-0.2, -0.15) is 0 Å². The lowest BCUT2D eigenvalue weighted by molar-refractivity contribution is -0.386. The quantitative estimate of drug-likeness (QED) is 0.440. The number of hydrogen-bond acceptors (Lipinski definition) is 6. The van der Waals surface area contributed by atoms with Gasteiger partial charge in [-0.3, -0.25) is 10.1 Å². The largest absolute Gasteiger partial charge is 0.483 e.